The monoisotopic (exact) mass is 240 g/mol. The maximum Gasteiger partial charge on any atom is 0.130 e. The predicted octanol–water partition coefficient (Wildman–Crippen LogP) is 1.43. The van der Waals surface area contributed by atoms with Crippen molar-refractivity contribution in [2.24, 2.45) is 7.05 Å². The fourth-order valence-corrected chi connectivity index (χ4v) is 1.44. The van der Waals surface area contributed by atoms with E-state index in [9.17, 15) is 0 Å². The zero-order valence-corrected chi connectivity index (χ0v) is 8.77. The Labute approximate surface area is 84.3 Å². The zero-order valence-electron chi connectivity index (χ0n) is 7.18. The van der Waals surface area contributed by atoms with Crippen LogP contribution >= 0.6 is 15.9 Å². The molecule has 5 heteroatoms. The Hall–Kier alpha value is -1.10. The summed E-state index contributed by atoms with van der Waals surface area (Å²) in [4.78, 5) is 4.21. The van der Waals surface area contributed by atoms with Gasteiger partial charge in [0.05, 0.1) is 6.54 Å². The minimum Gasteiger partial charge on any atom is -0.336 e. The molecule has 0 atom stereocenters. The number of imidazole rings is 1. The van der Waals surface area contributed by atoms with Gasteiger partial charge in [-0.15, -0.1) is 0 Å². The topological polar surface area (TPSA) is 35.6 Å². The highest BCUT2D eigenvalue weighted by atomic mass is 79.9. The Morgan fingerprint density at radius 1 is 1.46 bits per heavy atom. The molecule has 0 amide bonds. The minimum absolute atomic E-state index is 0.703. The number of aryl methyl sites for hydroxylation is 1. The number of rotatable bonds is 2. The SMILES string of the molecule is Cn1ccnc1Cn1ccc(Br)n1. The zero-order chi connectivity index (χ0) is 9.26. The lowest BCUT2D eigenvalue weighted by Gasteiger charge is -2.00. The van der Waals surface area contributed by atoms with E-state index < -0.39 is 0 Å². The molecule has 2 heterocycles. The molecular weight excluding hydrogens is 232 g/mol. The lowest BCUT2D eigenvalue weighted by molar-refractivity contribution is 0.628. The number of halogens is 1. The fraction of sp³-hybridized carbons (Fsp3) is 0.250. The van der Waals surface area contributed by atoms with Crippen molar-refractivity contribution in [3.63, 3.8) is 0 Å². The first-order valence-electron chi connectivity index (χ1n) is 3.91. The summed E-state index contributed by atoms with van der Waals surface area (Å²) in [5, 5.41) is 4.21. The van der Waals surface area contributed by atoms with Crippen molar-refractivity contribution < 1.29 is 0 Å². The van der Waals surface area contributed by atoms with Gasteiger partial charge in [0.25, 0.3) is 0 Å². The lowest BCUT2D eigenvalue weighted by Crippen LogP contribution is -2.05. The maximum absolute atomic E-state index is 4.21. The van der Waals surface area contributed by atoms with Crippen molar-refractivity contribution in [2.75, 3.05) is 0 Å². The van der Waals surface area contributed by atoms with Crippen LogP contribution in [-0.4, -0.2) is 19.3 Å². The molecule has 0 radical (unpaired) electrons. The third-order valence-electron chi connectivity index (χ3n) is 1.83. The summed E-state index contributed by atoms with van der Waals surface area (Å²) in [6.07, 6.45) is 5.63. The van der Waals surface area contributed by atoms with E-state index in [1.807, 2.05) is 34.8 Å². The van der Waals surface area contributed by atoms with Crippen LogP contribution in [0.4, 0.5) is 0 Å². The molecule has 68 valence electrons. The quantitative estimate of drug-likeness (QED) is 0.797. The van der Waals surface area contributed by atoms with Crippen LogP contribution in [0.25, 0.3) is 0 Å². The molecule has 2 rings (SSSR count). The van der Waals surface area contributed by atoms with Crippen LogP contribution in [0.3, 0.4) is 0 Å². The van der Waals surface area contributed by atoms with Gasteiger partial charge in [0.1, 0.15) is 10.4 Å². The second kappa shape index (κ2) is 3.33. The summed E-state index contributed by atoms with van der Waals surface area (Å²) < 4.78 is 4.67. The second-order valence-corrected chi connectivity index (χ2v) is 3.60. The van der Waals surface area contributed by atoms with Crippen molar-refractivity contribution in [1.29, 1.82) is 0 Å². The van der Waals surface area contributed by atoms with Crippen LogP contribution in [-0.2, 0) is 13.6 Å². The molecule has 13 heavy (non-hydrogen) atoms. The number of aromatic nitrogens is 4. The van der Waals surface area contributed by atoms with Crippen LogP contribution in [0.5, 0.6) is 0 Å². The summed E-state index contributed by atoms with van der Waals surface area (Å²) in [6, 6.07) is 1.91. The molecule has 2 aromatic rings. The Morgan fingerprint density at radius 3 is 2.85 bits per heavy atom. The van der Waals surface area contributed by atoms with Gasteiger partial charge in [-0.1, -0.05) is 0 Å². The molecule has 0 aromatic carbocycles. The van der Waals surface area contributed by atoms with Gasteiger partial charge in [-0.05, 0) is 22.0 Å². The van der Waals surface area contributed by atoms with Gasteiger partial charge in [0, 0.05) is 25.6 Å². The van der Waals surface area contributed by atoms with Gasteiger partial charge in [-0.3, -0.25) is 4.68 Å². The van der Waals surface area contributed by atoms with Crippen LogP contribution in [0, 0.1) is 0 Å². The largest absolute Gasteiger partial charge is 0.336 e. The van der Waals surface area contributed by atoms with Gasteiger partial charge in [-0.2, -0.15) is 5.10 Å². The molecular formula is C8H9BrN4. The van der Waals surface area contributed by atoms with Crippen LogP contribution in [0.2, 0.25) is 0 Å². The maximum atomic E-state index is 4.21. The highest BCUT2D eigenvalue weighted by Crippen LogP contribution is 2.05. The Balaban J connectivity index is 2.19. The van der Waals surface area contributed by atoms with Crippen LogP contribution < -0.4 is 0 Å². The van der Waals surface area contributed by atoms with Crippen molar-refractivity contribution in [1.82, 2.24) is 19.3 Å². The molecule has 0 aliphatic heterocycles. The molecule has 0 aliphatic rings. The van der Waals surface area contributed by atoms with Crippen LogP contribution in [0.15, 0.2) is 29.3 Å². The summed E-state index contributed by atoms with van der Waals surface area (Å²) in [7, 11) is 1.97. The van der Waals surface area contributed by atoms with Crippen LogP contribution in [0.1, 0.15) is 5.82 Å². The Bertz CT molecular complexity index is 404. The van der Waals surface area contributed by atoms with E-state index in [0.717, 1.165) is 10.4 Å². The molecule has 0 N–H and O–H groups in total. The highest BCUT2D eigenvalue weighted by molar-refractivity contribution is 9.10. The molecule has 2 aromatic heterocycles. The minimum atomic E-state index is 0.703. The smallest absolute Gasteiger partial charge is 0.130 e. The average Bonchev–Trinajstić information content (AvgIpc) is 2.64. The van der Waals surface area contributed by atoms with Crippen molar-refractivity contribution in [3.8, 4) is 0 Å². The Morgan fingerprint density at radius 2 is 2.31 bits per heavy atom. The predicted molar refractivity (Wildman–Crippen MR) is 52.2 cm³/mol. The van der Waals surface area contributed by atoms with E-state index in [2.05, 4.69) is 26.0 Å². The first-order valence-corrected chi connectivity index (χ1v) is 4.70. The van der Waals surface area contributed by atoms with Gasteiger partial charge < -0.3 is 4.57 Å². The number of hydrogen-bond acceptors (Lipinski definition) is 2. The third kappa shape index (κ3) is 1.80. The van der Waals surface area contributed by atoms with Gasteiger partial charge in [0.15, 0.2) is 0 Å². The Kier molecular flexibility index (Phi) is 2.18. The normalized spacial score (nSPS) is 10.6. The van der Waals surface area contributed by atoms with Gasteiger partial charge >= 0.3 is 0 Å². The third-order valence-corrected chi connectivity index (χ3v) is 2.26. The molecule has 0 saturated carbocycles. The van der Waals surface area contributed by atoms with E-state index >= 15 is 0 Å². The first-order chi connectivity index (χ1) is 6.25. The van der Waals surface area contributed by atoms with Gasteiger partial charge in [-0.25, -0.2) is 4.98 Å². The fourth-order valence-electron chi connectivity index (χ4n) is 1.12. The van der Waals surface area contributed by atoms with Crippen molar-refractivity contribution in [3.05, 3.63) is 35.1 Å². The second-order valence-electron chi connectivity index (χ2n) is 2.79. The lowest BCUT2D eigenvalue weighted by atomic mass is 10.6. The van der Waals surface area contributed by atoms with E-state index in [-0.39, 0.29) is 0 Å². The van der Waals surface area contributed by atoms with E-state index in [4.69, 9.17) is 0 Å². The first kappa shape index (κ1) is 8.50. The summed E-state index contributed by atoms with van der Waals surface area (Å²) in [6.45, 7) is 0.703. The van der Waals surface area contributed by atoms with E-state index in [1.165, 1.54) is 0 Å². The van der Waals surface area contributed by atoms with Gasteiger partial charge in [0.2, 0.25) is 0 Å². The molecule has 0 bridgehead atoms. The molecule has 0 saturated heterocycles. The van der Waals surface area contributed by atoms with E-state index in [0.29, 0.717) is 6.54 Å². The summed E-state index contributed by atoms with van der Waals surface area (Å²) in [5.74, 6) is 0.996. The number of nitrogens with zero attached hydrogens (tertiary/aromatic N) is 4. The van der Waals surface area contributed by atoms with Crippen molar-refractivity contribution >= 4 is 15.9 Å². The molecule has 0 spiro atoms. The molecule has 0 fully saturated rings. The standard InChI is InChI=1S/C8H9BrN4/c1-12-5-3-10-8(12)6-13-4-2-7(9)11-13/h2-5H,6H2,1H3. The molecule has 0 aliphatic carbocycles. The summed E-state index contributed by atoms with van der Waals surface area (Å²) in [5.41, 5.74) is 0. The highest BCUT2D eigenvalue weighted by Gasteiger charge is 2.00. The van der Waals surface area contributed by atoms with E-state index in [1.54, 1.807) is 6.20 Å². The molecule has 4 nitrogen and oxygen atoms in total. The molecule has 0 unspecified atom stereocenters. The summed E-state index contributed by atoms with van der Waals surface area (Å²) >= 11 is 3.30. The van der Waals surface area contributed by atoms with Crippen molar-refractivity contribution in [2.45, 2.75) is 6.54 Å². The number of hydrogen-bond donors (Lipinski definition) is 0. The average molecular weight is 241 g/mol.